The first-order chi connectivity index (χ1) is 48.4. The van der Waals surface area contributed by atoms with Crippen molar-refractivity contribution in [1.82, 2.24) is 73.9 Å². The summed E-state index contributed by atoms with van der Waals surface area (Å²) in [6, 6.07) is 35.7. The maximum absolute atomic E-state index is 12.2. The van der Waals surface area contributed by atoms with Crippen LogP contribution in [-0.4, -0.2) is 182 Å². The van der Waals surface area contributed by atoms with Crippen LogP contribution in [0.1, 0.15) is 20.8 Å². The number of rotatable bonds is 17. The van der Waals surface area contributed by atoms with E-state index in [0.29, 0.717) is 106 Å². The van der Waals surface area contributed by atoms with E-state index in [0.717, 1.165) is 32.9 Å². The van der Waals surface area contributed by atoms with E-state index in [1.165, 1.54) is 37.2 Å². The molecule has 11 rings (SSSR count). The first-order valence-electron chi connectivity index (χ1n) is 30.7. The summed E-state index contributed by atoms with van der Waals surface area (Å²) in [4.78, 5) is 77.6. The quantitative estimate of drug-likeness (QED) is 0.0138. The number of benzene rings is 5. The molecule has 0 atom stereocenters. The predicted molar refractivity (Wildman–Crippen MR) is 421 cm³/mol. The van der Waals surface area contributed by atoms with Gasteiger partial charge in [0.2, 0.25) is 17.1 Å². The number of hydrogen-bond donors (Lipinski definition) is 8. The van der Waals surface area contributed by atoms with Crippen molar-refractivity contribution in [1.29, 1.82) is 0 Å². The van der Waals surface area contributed by atoms with Crippen LogP contribution in [0.15, 0.2) is 177 Å². The lowest BCUT2D eigenvalue weighted by atomic mass is 9.81. The molecule has 0 radical (unpaired) electrons. The summed E-state index contributed by atoms with van der Waals surface area (Å²) < 4.78 is 11.7. The van der Waals surface area contributed by atoms with Gasteiger partial charge in [-0.15, -0.1) is 0 Å². The highest BCUT2D eigenvalue weighted by molar-refractivity contribution is 14.1. The van der Waals surface area contributed by atoms with E-state index in [1.54, 1.807) is 95.5 Å². The van der Waals surface area contributed by atoms with Crippen LogP contribution in [-0.2, 0) is 19.1 Å². The SMILES string of the molecule is CC(C)(C)OC(=O)Nc1ncnc2c1c(I)nn2-c1cccc(N)c1.CN(C)C/C=C/C(=O)Cl.CN(C)C/C=C/C(=O)Nc1cccc(-n2nc(-c3ccc(Cl)cc3)c3c(N)ncnc32)c1.CN(C)C/C=C/C(=O)Nc1cccc(-n2nc(I)c3c(N)ncnc32)c1.OB(O)c1ccc(Cl)cc1. The number of likely N-dealkylation sites (N-methyl/N-ethyl adjacent to an activating group) is 3. The van der Waals surface area contributed by atoms with Gasteiger partial charge in [-0.1, -0.05) is 83.9 Å². The summed E-state index contributed by atoms with van der Waals surface area (Å²) in [7, 11) is 10.2. The molecule has 0 aliphatic rings. The van der Waals surface area contributed by atoms with Crippen molar-refractivity contribution in [2.24, 2.45) is 0 Å². The predicted octanol–water partition coefficient (Wildman–Crippen LogP) is 10.1. The molecule has 11 N–H and O–H groups in total. The van der Waals surface area contributed by atoms with E-state index in [2.05, 4.69) is 101 Å². The van der Waals surface area contributed by atoms with Crippen molar-refractivity contribution in [2.75, 3.05) is 95.1 Å². The molecule has 5 aromatic carbocycles. The summed E-state index contributed by atoms with van der Waals surface area (Å²) in [6.07, 6.45) is 13.3. The van der Waals surface area contributed by atoms with E-state index in [1.807, 2.05) is 136 Å². The molecule has 0 fully saturated rings. The molecule has 0 aliphatic carbocycles. The topological polar surface area (TPSA) is 373 Å². The molecule has 28 nitrogen and oxygen atoms in total. The molecular weight excluding hydrogens is 1590 g/mol. The molecule has 0 spiro atoms. The number of nitrogens with zero attached hydrogens (tertiary/aromatic N) is 15. The van der Waals surface area contributed by atoms with Crippen LogP contribution in [0.25, 0.3) is 61.4 Å². The van der Waals surface area contributed by atoms with E-state index in [9.17, 15) is 19.2 Å². The molecule has 3 amide bonds. The van der Waals surface area contributed by atoms with Gasteiger partial charge < -0.3 is 57.3 Å². The van der Waals surface area contributed by atoms with Gasteiger partial charge in [0.15, 0.2) is 22.8 Å². The number of carbonyl (C=O) groups excluding carboxylic acids is 4. The van der Waals surface area contributed by atoms with Gasteiger partial charge in [0.05, 0.1) is 33.2 Å². The summed E-state index contributed by atoms with van der Waals surface area (Å²) in [5.41, 5.74) is 25.3. The number of anilines is 6. The van der Waals surface area contributed by atoms with Crippen molar-refractivity contribution < 1.29 is 34.0 Å². The summed E-state index contributed by atoms with van der Waals surface area (Å²) in [5, 5.41) is 42.2. The molecule has 0 aliphatic heterocycles. The highest BCUT2D eigenvalue weighted by atomic mass is 127. The van der Waals surface area contributed by atoms with Crippen LogP contribution in [0, 0.1) is 7.40 Å². The van der Waals surface area contributed by atoms with E-state index in [-0.39, 0.29) is 11.8 Å². The molecule has 6 aromatic heterocycles. The third kappa shape index (κ3) is 24.1. The van der Waals surface area contributed by atoms with Crippen LogP contribution in [0.3, 0.4) is 0 Å². The maximum Gasteiger partial charge on any atom is 0.488 e. The van der Waals surface area contributed by atoms with Gasteiger partial charge in [-0.3, -0.25) is 19.7 Å². The fourth-order valence-electron chi connectivity index (χ4n) is 8.85. The van der Waals surface area contributed by atoms with E-state index < -0.39 is 24.1 Å². The zero-order valence-electron chi connectivity index (χ0n) is 56.7. The number of ether oxygens (including phenoxy) is 1. The summed E-state index contributed by atoms with van der Waals surface area (Å²) in [5.74, 6) is 0.680. The molecule has 0 unspecified atom stereocenters. The van der Waals surface area contributed by atoms with Crippen LogP contribution < -0.4 is 38.6 Å². The minimum Gasteiger partial charge on any atom is -0.444 e. The Morgan fingerprint density at radius 1 is 0.549 bits per heavy atom. The first-order valence-corrected chi connectivity index (χ1v) is 34.0. The van der Waals surface area contributed by atoms with E-state index >= 15 is 0 Å². The van der Waals surface area contributed by atoms with Gasteiger partial charge in [-0.2, -0.15) is 15.3 Å². The number of halogens is 5. The first kappa shape index (κ1) is 79.8. The second-order valence-corrected chi connectivity index (χ2v) is 26.8. The molecule has 102 heavy (non-hydrogen) atoms. The standard InChI is InChI=1S/C23H22ClN7O.C17H18IN7O.C16H17IN6O2.C6H6BClO2.C6H10ClNO/c1-30(2)12-4-7-19(32)28-17-5-3-6-18(13-17)31-23-20(22(25)26-14-27-23)21(29-31)15-8-10-16(24)11-9-15;1-24(2)8-4-7-13(26)22-11-5-3-6-12(9-11)25-17-14(15(18)23-25)16(19)20-10-21-17;1-16(2,3)25-15(24)21-13-11-12(17)22-23(14(11)20-8-19-13)10-6-4-5-9(18)7-10;8-6-3-1-5(2-4-6)7(9)10;1-8(2)5-3-4-6(7)9/h3-11,13-14H,12H2,1-2H3,(H,28,32)(H2,25,26,27);3-7,9-10H,8H2,1-2H3,(H,22,26)(H2,19,20,21);4-8H,18H2,1-3H3,(H,19,20,21,24);1-4,9-10H;3-4H,5H2,1-2H3/b2*7-4+;;;4-3+. The smallest absolute Gasteiger partial charge is 0.444 e. The average molecular weight is 1670 g/mol. The molecule has 0 saturated heterocycles. The number of hydrogen-bond acceptors (Lipinski definition) is 22. The Hall–Kier alpha value is -9.56. The van der Waals surface area contributed by atoms with Crippen molar-refractivity contribution in [3.05, 3.63) is 194 Å². The van der Waals surface area contributed by atoms with Gasteiger partial charge in [-0.25, -0.2) is 48.7 Å². The monoisotopic (exact) mass is 1670 g/mol. The Morgan fingerprint density at radius 3 is 1.44 bits per heavy atom. The van der Waals surface area contributed by atoms with Crippen LogP contribution in [0.5, 0.6) is 0 Å². The molecule has 6 heterocycles. The Balaban J connectivity index is 0.000000191. The van der Waals surface area contributed by atoms with Crippen molar-refractivity contribution in [2.45, 2.75) is 26.4 Å². The van der Waals surface area contributed by atoms with Crippen molar-refractivity contribution >= 4 is 183 Å². The molecule has 11 aromatic rings. The highest BCUT2D eigenvalue weighted by Crippen LogP contribution is 2.34. The Labute approximate surface area is 630 Å². The summed E-state index contributed by atoms with van der Waals surface area (Å²) in [6.45, 7) is 7.52. The zero-order chi connectivity index (χ0) is 74.4. The average Bonchev–Trinajstić information content (AvgIpc) is 1.63. The number of allylic oxidation sites excluding steroid dienone is 1. The molecule has 34 heteroatoms. The second kappa shape index (κ2) is 37.9. The van der Waals surface area contributed by atoms with Crippen LogP contribution in [0.4, 0.5) is 39.3 Å². The lowest BCUT2D eigenvalue weighted by Crippen LogP contribution is -2.29. The number of nitrogen functional groups attached to an aromatic ring is 3. The van der Waals surface area contributed by atoms with Gasteiger partial charge in [0.25, 0.3) is 0 Å². The Bertz CT molecular complexity index is 4800. The normalized spacial score (nSPS) is 11.3. The number of nitrogens with two attached hydrogens (primary N) is 3. The minimum absolute atomic E-state index is 0.185. The minimum atomic E-state index is -1.41. The largest absolute Gasteiger partial charge is 0.488 e. The molecular formula is C68H73BCl3I2N21O7. The number of nitrogens with one attached hydrogen (secondary N) is 3. The third-order valence-corrected chi connectivity index (χ3v) is 15.4. The maximum atomic E-state index is 12.2. The van der Waals surface area contributed by atoms with Gasteiger partial charge >= 0.3 is 13.2 Å². The fourth-order valence-corrected chi connectivity index (χ4v) is 10.6. The zero-order valence-corrected chi connectivity index (χ0v) is 63.3. The number of carbonyl (C=O) groups is 4. The van der Waals surface area contributed by atoms with Crippen LogP contribution >= 0.6 is 80.0 Å². The lowest BCUT2D eigenvalue weighted by molar-refractivity contribution is -0.112. The van der Waals surface area contributed by atoms with Gasteiger partial charge in [-0.05, 0) is 210 Å². The number of amides is 3. The number of fused-ring (bicyclic) bond motifs is 3. The number of aromatic nitrogens is 12. The Morgan fingerprint density at radius 2 is 0.971 bits per heavy atom. The molecule has 530 valence electrons. The van der Waals surface area contributed by atoms with Crippen LogP contribution in [0.2, 0.25) is 10.0 Å². The third-order valence-electron chi connectivity index (χ3n) is 13.3. The highest BCUT2D eigenvalue weighted by Gasteiger charge is 2.23. The lowest BCUT2D eigenvalue weighted by Gasteiger charge is -2.19. The fraction of sp³-hybridized carbons (Fsp3) is 0.191. The summed E-state index contributed by atoms with van der Waals surface area (Å²) >= 11 is 20.8. The van der Waals surface area contributed by atoms with E-state index in [4.69, 9.17) is 71.9 Å². The van der Waals surface area contributed by atoms with Gasteiger partial charge in [0.1, 0.15) is 49.3 Å². The van der Waals surface area contributed by atoms with Crippen molar-refractivity contribution in [3.63, 3.8) is 0 Å². The van der Waals surface area contributed by atoms with Crippen molar-refractivity contribution in [3.8, 4) is 28.3 Å². The molecule has 0 saturated carbocycles. The molecule has 0 bridgehead atoms. The Kier molecular flexibility index (Phi) is 29.7. The second-order valence-electron chi connectivity index (χ2n) is 23.5. The van der Waals surface area contributed by atoms with Gasteiger partial charge in [0, 0.05) is 64.5 Å².